The van der Waals surface area contributed by atoms with Crippen molar-refractivity contribution in [3.63, 3.8) is 0 Å². The summed E-state index contributed by atoms with van der Waals surface area (Å²) in [7, 11) is -3.26. The lowest BCUT2D eigenvalue weighted by molar-refractivity contribution is 0.102. The first-order valence-electron chi connectivity index (χ1n) is 11.1. The van der Waals surface area contributed by atoms with Crippen molar-refractivity contribution in [1.82, 2.24) is 0 Å². The van der Waals surface area contributed by atoms with Crippen molar-refractivity contribution >= 4 is 67.1 Å². The van der Waals surface area contributed by atoms with E-state index in [4.69, 9.17) is 27.9 Å². The minimum atomic E-state index is -4.69. The van der Waals surface area contributed by atoms with Crippen LogP contribution in [0.25, 0.3) is 10.8 Å². The van der Waals surface area contributed by atoms with Crippen LogP contribution in [-0.4, -0.2) is 31.1 Å². The maximum Gasteiger partial charge on any atom is 0.296 e. The van der Waals surface area contributed by atoms with Crippen LogP contribution in [-0.2, 0) is 16.5 Å². The molecule has 4 aromatic carbocycles. The number of aryl methyl sites for hydroxylation is 1. The largest absolute Gasteiger partial charge is 0.505 e. The van der Waals surface area contributed by atoms with Gasteiger partial charge in [-0.15, -0.1) is 10.2 Å². The molecule has 0 aromatic heterocycles. The second kappa shape index (κ2) is 11.0. The summed E-state index contributed by atoms with van der Waals surface area (Å²) in [5, 5.41) is 23.5. The number of hydrogen-bond acceptors (Lipinski definition) is 7. The summed E-state index contributed by atoms with van der Waals surface area (Å²) in [4.78, 5) is 12.7. The molecule has 196 valence electrons. The average Bonchev–Trinajstić information content (AvgIpc) is 2.88. The third kappa shape index (κ3) is 5.58. The van der Waals surface area contributed by atoms with Gasteiger partial charge in [0.15, 0.2) is 5.75 Å². The van der Waals surface area contributed by atoms with Gasteiger partial charge >= 0.3 is 0 Å². The first-order chi connectivity index (χ1) is 18.0. The van der Waals surface area contributed by atoms with Gasteiger partial charge in [0.2, 0.25) is 0 Å². The molecule has 9 nitrogen and oxygen atoms in total. The zero-order valence-electron chi connectivity index (χ0n) is 20.1. The van der Waals surface area contributed by atoms with E-state index in [0.717, 1.165) is 6.07 Å². The highest BCUT2D eigenvalue weighted by Crippen LogP contribution is 2.41. The molecule has 0 aliphatic carbocycles. The number of fused-ring (bicyclic) bond motifs is 1. The molecule has 0 heterocycles. The number of nitrogens with one attached hydrogen (secondary N) is 1. The molecule has 3 N–H and O–H groups in total. The number of carbonyl (C=O) groups is 1. The number of aromatic hydroxyl groups is 1. The predicted octanol–water partition coefficient (Wildman–Crippen LogP) is 7.34. The maximum absolute atomic E-state index is 13.2. The van der Waals surface area contributed by atoms with Gasteiger partial charge in [0.1, 0.15) is 22.0 Å². The molecular weight excluding hydrogens is 553 g/mol. The summed E-state index contributed by atoms with van der Waals surface area (Å²) < 4.78 is 38.9. The zero-order chi connectivity index (χ0) is 27.6. The van der Waals surface area contributed by atoms with Crippen LogP contribution < -0.4 is 10.1 Å². The van der Waals surface area contributed by atoms with Gasteiger partial charge in [-0.2, -0.15) is 8.42 Å². The van der Waals surface area contributed by atoms with E-state index in [0.29, 0.717) is 39.2 Å². The highest BCUT2D eigenvalue weighted by atomic mass is 35.5. The van der Waals surface area contributed by atoms with Crippen LogP contribution in [0.2, 0.25) is 10.0 Å². The van der Waals surface area contributed by atoms with Crippen LogP contribution in [0.5, 0.6) is 11.5 Å². The van der Waals surface area contributed by atoms with Gasteiger partial charge in [-0.05, 0) is 47.7 Å². The minimum Gasteiger partial charge on any atom is -0.505 e. The molecular formula is C26H21Cl2N3O6S. The van der Waals surface area contributed by atoms with Gasteiger partial charge in [-0.1, -0.05) is 54.4 Å². The summed E-state index contributed by atoms with van der Waals surface area (Å²) >= 11 is 12.1. The van der Waals surface area contributed by atoms with E-state index in [2.05, 4.69) is 15.5 Å². The molecule has 0 fully saturated rings. The van der Waals surface area contributed by atoms with Crippen molar-refractivity contribution in [1.29, 1.82) is 0 Å². The fourth-order valence-corrected chi connectivity index (χ4v) is 4.95. The highest BCUT2D eigenvalue weighted by Gasteiger charge is 2.21. The third-order valence-electron chi connectivity index (χ3n) is 5.70. The van der Waals surface area contributed by atoms with Crippen LogP contribution in [0.4, 0.5) is 17.1 Å². The van der Waals surface area contributed by atoms with Crippen molar-refractivity contribution in [3.8, 4) is 11.5 Å². The van der Waals surface area contributed by atoms with E-state index < -0.39 is 26.7 Å². The topological polar surface area (TPSA) is 138 Å². The normalized spacial score (nSPS) is 11.7. The van der Waals surface area contributed by atoms with E-state index in [1.165, 1.54) is 25.3 Å². The zero-order valence-corrected chi connectivity index (χ0v) is 22.4. The number of anilines is 1. The second-order valence-corrected chi connectivity index (χ2v) is 10.3. The molecule has 0 saturated heterocycles. The second-order valence-electron chi connectivity index (χ2n) is 8.08. The Morgan fingerprint density at radius 2 is 1.79 bits per heavy atom. The highest BCUT2D eigenvalue weighted by molar-refractivity contribution is 7.86. The predicted molar refractivity (Wildman–Crippen MR) is 146 cm³/mol. The van der Waals surface area contributed by atoms with Gasteiger partial charge in [0.25, 0.3) is 16.0 Å². The first-order valence-corrected chi connectivity index (χ1v) is 13.3. The lowest BCUT2D eigenvalue weighted by Crippen LogP contribution is -2.13. The number of azo groups is 1. The Morgan fingerprint density at radius 1 is 1.05 bits per heavy atom. The SMILES string of the molecule is CCc1cc(N=Nc2c(O)c(C(=O)Nc3ccc(Cl)cc3OC)cc3ccccc23)c(S(=O)(=O)O)cc1Cl. The number of methoxy groups -OCH3 is 1. The summed E-state index contributed by atoms with van der Waals surface area (Å²) in [6.07, 6.45) is 0.463. The van der Waals surface area contributed by atoms with Crippen LogP contribution in [0.15, 0.2) is 75.8 Å². The lowest BCUT2D eigenvalue weighted by Gasteiger charge is -2.13. The third-order valence-corrected chi connectivity index (χ3v) is 7.17. The van der Waals surface area contributed by atoms with Crippen molar-refractivity contribution in [2.24, 2.45) is 10.2 Å². The quantitative estimate of drug-likeness (QED) is 0.156. The Balaban J connectivity index is 1.85. The standard InChI is InChI=1S/C26H21Cl2N3O6S/c1-3-14-11-21(23(13-19(14)28)38(34,35)36)30-31-24-17-7-5-4-6-15(17)10-18(25(24)32)26(33)29-20-9-8-16(27)12-22(20)37-2/h4-13,32H,3H2,1-2H3,(H,29,33)(H,34,35,36). The summed E-state index contributed by atoms with van der Waals surface area (Å²) in [6, 6.07) is 15.5. The molecule has 0 aliphatic rings. The van der Waals surface area contributed by atoms with Crippen molar-refractivity contribution in [2.45, 2.75) is 18.2 Å². The number of carbonyl (C=O) groups excluding carboxylic acids is 1. The number of halogens is 2. The Labute approximate surface area is 228 Å². The van der Waals surface area contributed by atoms with Gasteiger partial charge < -0.3 is 15.2 Å². The molecule has 4 rings (SSSR count). The summed E-state index contributed by atoms with van der Waals surface area (Å²) in [5.74, 6) is -0.835. The van der Waals surface area contributed by atoms with Crippen LogP contribution in [0, 0.1) is 0 Å². The molecule has 0 saturated carbocycles. The number of rotatable bonds is 7. The molecule has 0 aliphatic heterocycles. The molecule has 0 atom stereocenters. The summed E-state index contributed by atoms with van der Waals surface area (Å²) in [6.45, 7) is 1.81. The number of phenolic OH excluding ortho intramolecular Hbond substituents is 1. The molecule has 0 unspecified atom stereocenters. The Hall–Kier alpha value is -3.70. The van der Waals surface area contributed by atoms with E-state index in [1.54, 1.807) is 36.4 Å². The Kier molecular flexibility index (Phi) is 7.89. The van der Waals surface area contributed by atoms with E-state index in [1.807, 2.05) is 6.92 Å². The number of benzene rings is 4. The molecule has 12 heteroatoms. The van der Waals surface area contributed by atoms with Crippen molar-refractivity contribution < 1.29 is 27.6 Å². The van der Waals surface area contributed by atoms with Gasteiger partial charge in [-0.25, -0.2) is 0 Å². The number of nitrogens with zero attached hydrogens (tertiary/aromatic N) is 2. The molecule has 1 amide bonds. The average molecular weight is 574 g/mol. The molecule has 0 radical (unpaired) electrons. The fraction of sp³-hybridized carbons (Fsp3) is 0.115. The van der Waals surface area contributed by atoms with Crippen molar-refractivity contribution in [3.05, 3.63) is 81.8 Å². The maximum atomic E-state index is 13.2. The fourth-order valence-electron chi connectivity index (χ4n) is 3.80. The summed E-state index contributed by atoms with van der Waals surface area (Å²) in [5.41, 5.74) is 0.523. The number of amides is 1. The van der Waals surface area contributed by atoms with Crippen LogP contribution in [0.3, 0.4) is 0 Å². The monoisotopic (exact) mass is 573 g/mol. The molecule has 0 bridgehead atoms. The van der Waals surface area contributed by atoms with Gasteiger partial charge in [-0.3, -0.25) is 9.35 Å². The van der Waals surface area contributed by atoms with E-state index >= 15 is 0 Å². The van der Waals surface area contributed by atoms with Gasteiger partial charge in [0, 0.05) is 21.5 Å². The minimum absolute atomic E-state index is 0.0781. The van der Waals surface area contributed by atoms with Crippen LogP contribution in [0.1, 0.15) is 22.8 Å². The number of ether oxygens (including phenoxy) is 1. The first kappa shape index (κ1) is 27.3. The molecule has 38 heavy (non-hydrogen) atoms. The van der Waals surface area contributed by atoms with Gasteiger partial charge in [0.05, 0.1) is 18.4 Å². The number of hydrogen-bond donors (Lipinski definition) is 3. The van der Waals surface area contributed by atoms with E-state index in [-0.39, 0.29) is 22.0 Å². The molecule has 4 aromatic rings. The van der Waals surface area contributed by atoms with Crippen molar-refractivity contribution in [2.75, 3.05) is 12.4 Å². The Bertz CT molecular complexity index is 1710. The van der Waals surface area contributed by atoms with Crippen LogP contribution >= 0.6 is 23.2 Å². The lowest BCUT2D eigenvalue weighted by atomic mass is 10.0. The smallest absolute Gasteiger partial charge is 0.296 e. The molecule has 0 spiro atoms. The van der Waals surface area contributed by atoms with E-state index in [9.17, 15) is 22.9 Å². The Morgan fingerprint density at radius 3 is 2.47 bits per heavy atom. The number of phenols is 1.